The summed E-state index contributed by atoms with van der Waals surface area (Å²) < 4.78 is 9.99. The van der Waals surface area contributed by atoms with E-state index in [0.29, 0.717) is 6.42 Å². The van der Waals surface area contributed by atoms with E-state index >= 15 is 0 Å². The molecule has 0 spiro atoms. The van der Waals surface area contributed by atoms with Gasteiger partial charge in [0, 0.05) is 4.75 Å². The van der Waals surface area contributed by atoms with Gasteiger partial charge in [-0.3, -0.25) is 9.59 Å². The van der Waals surface area contributed by atoms with Crippen LogP contribution in [0.5, 0.6) is 0 Å². The van der Waals surface area contributed by atoms with Crippen molar-refractivity contribution >= 4 is 35.5 Å². The number of hydrogen-bond donors (Lipinski definition) is 1. The molecule has 0 unspecified atom stereocenters. The first kappa shape index (κ1) is 33.9. The molecule has 2 saturated heterocycles. The van der Waals surface area contributed by atoms with Crippen molar-refractivity contribution in [3.63, 3.8) is 0 Å². The van der Waals surface area contributed by atoms with Gasteiger partial charge in [-0.15, -0.1) is 11.8 Å². The van der Waals surface area contributed by atoms with Gasteiger partial charge < -0.3 is 19.7 Å². The van der Waals surface area contributed by atoms with Crippen LogP contribution in [0.15, 0.2) is 30.3 Å². The number of rotatable bonds is 19. The Morgan fingerprint density at radius 2 is 1.50 bits per heavy atom. The van der Waals surface area contributed by atoms with E-state index in [4.69, 9.17) is 9.47 Å². The van der Waals surface area contributed by atoms with E-state index in [-0.39, 0.29) is 23.6 Å². The van der Waals surface area contributed by atoms with Crippen LogP contribution >= 0.6 is 11.8 Å². The summed E-state index contributed by atoms with van der Waals surface area (Å²) >= 11 is 1.47. The number of unbranched alkanes of at least 4 members (excludes halogenated alkanes) is 11. The lowest BCUT2D eigenvalue weighted by atomic mass is 9.95. The molecule has 0 radical (unpaired) electrons. The molecule has 2 amide bonds. The highest BCUT2D eigenvalue weighted by Gasteiger charge is 2.64. The zero-order valence-electron chi connectivity index (χ0n) is 25.9. The molecule has 1 aromatic carbocycles. The quantitative estimate of drug-likeness (QED) is 0.119. The maximum absolute atomic E-state index is 13.4. The summed E-state index contributed by atoms with van der Waals surface area (Å²) in [5, 5.41) is 2.48. The topological polar surface area (TPSA) is 102 Å². The van der Waals surface area contributed by atoms with Gasteiger partial charge in [-0.2, -0.15) is 0 Å². The molecule has 9 heteroatoms. The smallest absolute Gasteiger partial charge is 0.347 e. The third-order valence-electron chi connectivity index (χ3n) is 8.23. The number of carbonyl (C=O) groups is 4. The first-order chi connectivity index (χ1) is 20.2. The van der Waals surface area contributed by atoms with Crippen LogP contribution in [0.1, 0.15) is 110 Å². The minimum Gasteiger partial charge on any atom is -0.466 e. The summed E-state index contributed by atoms with van der Waals surface area (Å²) in [7, 11) is 1.29. The Morgan fingerprint density at radius 3 is 2.07 bits per heavy atom. The van der Waals surface area contributed by atoms with Gasteiger partial charge in [0.05, 0.1) is 13.5 Å². The standard InChI is InChI=1S/C33H50N2O6S/c1-5-6-7-8-9-10-11-12-13-14-15-19-22-25(31(38)40-4)41-32(39)28-33(2,3)42-30-27(29(37)35(28)30)34-26(36)23-24-20-17-16-18-21-24/h16-18,20-21,25,27-28,30H,5-15,19,22-23H2,1-4H3,(H,34,36)/t25-,27+,28-,30+/m0/s1. The van der Waals surface area contributed by atoms with Crippen molar-refractivity contribution in [2.45, 2.75) is 139 Å². The number of thioether (sulfide) groups is 1. The maximum Gasteiger partial charge on any atom is 0.347 e. The second-order valence-corrected chi connectivity index (χ2v) is 13.9. The number of hydrogen-bond acceptors (Lipinski definition) is 7. The van der Waals surface area contributed by atoms with Gasteiger partial charge in [-0.05, 0) is 32.3 Å². The zero-order valence-corrected chi connectivity index (χ0v) is 26.7. The number of amides is 2. The number of carbonyl (C=O) groups excluding carboxylic acids is 4. The molecule has 2 aliphatic heterocycles. The highest BCUT2D eigenvalue weighted by Crippen LogP contribution is 2.51. The molecular formula is C33H50N2O6S. The Bertz CT molecular complexity index is 1030. The van der Waals surface area contributed by atoms with Gasteiger partial charge in [0.25, 0.3) is 0 Å². The molecule has 2 fully saturated rings. The first-order valence-corrected chi connectivity index (χ1v) is 16.7. The summed E-state index contributed by atoms with van der Waals surface area (Å²) in [6.07, 6.45) is 14.0. The minimum atomic E-state index is -0.997. The summed E-state index contributed by atoms with van der Waals surface area (Å²) in [5.41, 5.74) is 0.863. The molecule has 1 N–H and O–H groups in total. The molecule has 2 aliphatic rings. The van der Waals surface area contributed by atoms with Gasteiger partial charge in [0.1, 0.15) is 17.5 Å². The molecular weight excluding hydrogens is 552 g/mol. The monoisotopic (exact) mass is 602 g/mol. The fraction of sp³-hybridized carbons (Fsp3) is 0.697. The predicted octanol–water partition coefficient (Wildman–Crippen LogP) is 5.95. The lowest BCUT2D eigenvalue weighted by Gasteiger charge is -2.44. The molecule has 0 saturated carbocycles. The van der Waals surface area contributed by atoms with E-state index < -0.39 is 34.9 Å². The molecule has 0 aliphatic carbocycles. The van der Waals surface area contributed by atoms with Crippen LogP contribution in [0.3, 0.4) is 0 Å². The lowest BCUT2D eigenvalue weighted by Crippen LogP contribution is -2.71. The van der Waals surface area contributed by atoms with Crippen LogP contribution < -0.4 is 5.32 Å². The molecule has 0 bridgehead atoms. The predicted molar refractivity (Wildman–Crippen MR) is 166 cm³/mol. The van der Waals surface area contributed by atoms with Crippen LogP contribution in [-0.2, 0) is 35.1 Å². The minimum absolute atomic E-state index is 0.177. The fourth-order valence-corrected chi connectivity index (χ4v) is 7.48. The van der Waals surface area contributed by atoms with Gasteiger partial charge in [-0.1, -0.05) is 108 Å². The molecule has 8 nitrogen and oxygen atoms in total. The number of nitrogens with one attached hydrogen (secondary N) is 1. The van der Waals surface area contributed by atoms with Crippen molar-refractivity contribution < 1.29 is 28.7 Å². The van der Waals surface area contributed by atoms with E-state index in [1.54, 1.807) is 0 Å². The SMILES string of the molecule is CCCCCCCCCCCCCC[C@H](OC(=O)[C@@H]1N2C(=O)[C@@H](NC(=O)Cc3ccccc3)[C@H]2SC1(C)C)C(=O)OC. The molecule has 3 rings (SSSR count). The second-order valence-electron chi connectivity index (χ2n) is 12.1. The number of benzene rings is 1. The fourth-order valence-electron chi connectivity index (χ4n) is 5.86. The van der Waals surface area contributed by atoms with Crippen molar-refractivity contribution in [3.8, 4) is 0 Å². The molecule has 4 atom stereocenters. The molecule has 0 aromatic heterocycles. The number of ether oxygens (including phenoxy) is 2. The summed E-state index contributed by atoms with van der Waals surface area (Å²) in [4.78, 5) is 53.1. The third kappa shape index (κ3) is 9.48. The van der Waals surface area contributed by atoms with Crippen LogP contribution in [0.4, 0.5) is 0 Å². The van der Waals surface area contributed by atoms with Crippen molar-refractivity contribution in [1.29, 1.82) is 0 Å². The lowest BCUT2D eigenvalue weighted by molar-refractivity contribution is -0.175. The Balaban J connectivity index is 1.43. The Labute approximate surface area is 256 Å². The maximum atomic E-state index is 13.4. The van der Waals surface area contributed by atoms with E-state index in [9.17, 15) is 19.2 Å². The Kier molecular flexibility index (Phi) is 13.7. The second kappa shape index (κ2) is 16.9. The highest BCUT2D eigenvalue weighted by molar-refractivity contribution is 8.01. The molecule has 42 heavy (non-hydrogen) atoms. The third-order valence-corrected chi connectivity index (χ3v) is 9.80. The van der Waals surface area contributed by atoms with Crippen molar-refractivity contribution in [2.75, 3.05) is 7.11 Å². The number of methoxy groups -OCH3 is 1. The number of nitrogens with zero attached hydrogens (tertiary/aromatic N) is 1. The number of esters is 2. The zero-order chi connectivity index (χ0) is 30.5. The van der Waals surface area contributed by atoms with E-state index in [1.165, 1.54) is 81.6 Å². The van der Waals surface area contributed by atoms with Crippen LogP contribution in [0.2, 0.25) is 0 Å². The molecule has 1 aromatic rings. The van der Waals surface area contributed by atoms with E-state index in [1.807, 2.05) is 44.2 Å². The average molecular weight is 603 g/mol. The average Bonchev–Trinajstić information content (AvgIpc) is 3.23. The number of β-lactam (4-membered cyclic amide) rings is 1. The summed E-state index contributed by atoms with van der Waals surface area (Å²) in [5.74, 6) is -1.73. The van der Waals surface area contributed by atoms with Crippen LogP contribution in [0.25, 0.3) is 0 Å². The summed E-state index contributed by atoms with van der Waals surface area (Å²) in [6.45, 7) is 6.01. The van der Waals surface area contributed by atoms with Gasteiger partial charge in [-0.25, -0.2) is 9.59 Å². The Morgan fingerprint density at radius 1 is 0.929 bits per heavy atom. The van der Waals surface area contributed by atoms with Crippen LogP contribution in [0, 0.1) is 0 Å². The van der Waals surface area contributed by atoms with E-state index in [2.05, 4.69) is 12.2 Å². The first-order valence-electron chi connectivity index (χ1n) is 15.8. The van der Waals surface area contributed by atoms with Crippen molar-refractivity contribution in [1.82, 2.24) is 10.2 Å². The summed E-state index contributed by atoms with van der Waals surface area (Å²) in [6, 6.07) is 7.80. The normalized spacial score (nSPS) is 21.3. The Hall–Kier alpha value is -2.55. The van der Waals surface area contributed by atoms with Gasteiger partial charge >= 0.3 is 11.9 Å². The van der Waals surface area contributed by atoms with Crippen LogP contribution in [-0.4, -0.2) is 64.1 Å². The largest absolute Gasteiger partial charge is 0.466 e. The van der Waals surface area contributed by atoms with E-state index in [0.717, 1.165) is 24.8 Å². The van der Waals surface area contributed by atoms with Gasteiger partial charge in [0.2, 0.25) is 11.8 Å². The van der Waals surface area contributed by atoms with Crippen molar-refractivity contribution in [2.24, 2.45) is 0 Å². The van der Waals surface area contributed by atoms with Gasteiger partial charge in [0.15, 0.2) is 6.10 Å². The number of fused-ring (bicyclic) bond motifs is 1. The molecule has 234 valence electrons. The highest BCUT2D eigenvalue weighted by atomic mass is 32.2. The van der Waals surface area contributed by atoms with Crippen molar-refractivity contribution in [3.05, 3.63) is 35.9 Å². The molecule has 2 heterocycles.